The predicted molar refractivity (Wildman–Crippen MR) is 96.4 cm³/mol. The fourth-order valence-corrected chi connectivity index (χ4v) is 3.60. The lowest BCUT2D eigenvalue weighted by Crippen LogP contribution is -2.52. The highest BCUT2D eigenvalue weighted by Gasteiger charge is 2.58. The summed E-state index contributed by atoms with van der Waals surface area (Å²) in [6, 6.07) is 5.33. The van der Waals surface area contributed by atoms with Gasteiger partial charge in [-0.2, -0.15) is 0 Å². The van der Waals surface area contributed by atoms with E-state index in [2.05, 4.69) is 17.1 Å². The van der Waals surface area contributed by atoms with Crippen molar-refractivity contribution in [3.8, 4) is 11.5 Å². The molecule has 4 rings (SSSR count). The van der Waals surface area contributed by atoms with Gasteiger partial charge in [0.2, 0.25) is 11.8 Å². The van der Waals surface area contributed by atoms with Crippen LogP contribution in [-0.2, 0) is 9.59 Å². The molecule has 3 aliphatic rings. The average molecular weight is 359 g/mol. The standard InChI is InChI=1S/C19H25N3O4/c1-2-21-7-9-22(10-8-21)18(24)19(5-6-19)17(23)20-14-3-4-15-16(13-14)26-12-11-25-15/h3-4,13H,2,5-12H2,1H3,(H,20,23). The first-order chi connectivity index (χ1) is 12.6. The van der Waals surface area contributed by atoms with E-state index < -0.39 is 5.41 Å². The van der Waals surface area contributed by atoms with Crippen LogP contribution in [0.2, 0.25) is 0 Å². The van der Waals surface area contributed by atoms with Gasteiger partial charge in [-0.25, -0.2) is 0 Å². The number of hydrogen-bond acceptors (Lipinski definition) is 5. The minimum absolute atomic E-state index is 0.0247. The lowest BCUT2D eigenvalue weighted by Gasteiger charge is -2.35. The van der Waals surface area contributed by atoms with Gasteiger partial charge in [-0.3, -0.25) is 9.59 Å². The number of fused-ring (bicyclic) bond motifs is 1. The number of carbonyl (C=O) groups excluding carboxylic acids is 2. The highest BCUT2D eigenvalue weighted by molar-refractivity contribution is 6.13. The summed E-state index contributed by atoms with van der Waals surface area (Å²) in [4.78, 5) is 29.9. The molecule has 0 spiro atoms. The molecular formula is C19H25N3O4. The van der Waals surface area contributed by atoms with Crippen LogP contribution in [0.4, 0.5) is 5.69 Å². The molecule has 0 radical (unpaired) electrons. The van der Waals surface area contributed by atoms with E-state index in [9.17, 15) is 9.59 Å². The third-order valence-electron chi connectivity index (χ3n) is 5.50. The van der Waals surface area contributed by atoms with Gasteiger partial charge in [0, 0.05) is 37.9 Å². The molecule has 0 bridgehead atoms. The smallest absolute Gasteiger partial charge is 0.240 e. The van der Waals surface area contributed by atoms with Gasteiger partial charge in [-0.1, -0.05) is 6.92 Å². The van der Waals surface area contributed by atoms with Crippen LogP contribution in [0.1, 0.15) is 19.8 Å². The Morgan fingerprint density at radius 2 is 1.77 bits per heavy atom. The van der Waals surface area contributed by atoms with Crippen molar-refractivity contribution in [1.82, 2.24) is 9.80 Å². The van der Waals surface area contributed by atoms with Gasteiger partial charge in [0.25, 0.3) is 0 Å². The van der Waals surface area contributed by atoms with Crippen molar-refractivity contribution in [3.63, 3.8) is 0 Å². The number of amides is 2. The summed E-state index contributed by atoms with van der Waals surface area (Å²) in [6.45, 7) is 7.30. The van der Waals surface area contributed by atoms with Gasteiger partial charge in [0.05, 0.1) is 0 Å². The highest BCUT2D eigenvalue weighted by atomic mass is 16.6. The molecule has 2 aliphatic heterocycles. The minimum atomic E-state index is -0.887. The van der Waals surface area contributed by atoms with Crippen molar-refractivity contribution in [3.05, 3.63) is 18.2 Å². The maximum Gasteiger partial charge on any atom is 0.240 e. The molecule has 2 fully saturated rings. The van der Waals surface area contributed by atoms with Crippen LogP contribution in [0.25, 0.3) is 0 Å². The summed E-state index contributed by atoms with van der Waals surface area (Å²) < 4.78 is 11.1. The molecule has 7 heteroatoms. The Hall–Kier alpha value is -2.28. The van der Waals surface area contributed by atoms with Crippen molar-refractivity contribution in [2.45, 2.75) is 19.8 Å². The number of rotatable bonds is 4. The molecule has 7 nitrogen and oxygen atoms in total. The summed E-state index contributed by atoms with van der Waals surface area (Å²) in [7, 11) is 0. The molecule has 26 heavy (non-hydrogen) atoms. The van der Waals surface area contributed by atoms with E-state index in [0.29, 0.717) is 56.3 Å². The average Bonchev–Trinajstić information content (AvgIpc) is 3.49. The van der Waals surface area contributed by atoms with E-state index in [4.69, 9.17) is 9.47 Å². The molecule has 1 aliphatic carbocycles. The van der Waals surface area contributed by atoms with Crippen LogP contribution in [0.15, 0.2) is 18.2 Å². The molecule has 2 amide bonds. The fraction of sp³-hybridized carbons (Fsp3) is 0.579. The number of piperazine rings is 1. The summed E-state index contributed by atoms with van der Waals surface area (Å²) in [5.74, 6) is 1.07. The second-order valence-electron chi connectivity index (χ2n) is 7.12. The first kappa shape index (κ1) is 17.1. The van der Waals surface area contributed by atoms with Gasteiger partial charge >= 0.3 is 0 Å². The van der Waals surface area contributed by atoms with Crippen molar-refractivity contribution in [2.24, 2.45) is 5.41 Å². The van der Waals surface area contributed by atoms with Gasteiger partial charge in [0.15, 0.2) is 11.5 Å². The molecule has 1 saturated carbocycles. The van der Waals surface area contributed by atoms with Crippen molar-refractivity contribution in [2.75, 3.05) is 51.3 Å². The Kier molecular flexibility index (Phi) is 4.48. The second kappa shape index (κ2) is 6.79. The first-order valence-electron chi connectivity index (χ1n) is 9.35. The molecule has 0 atom stereocenters. The Morgan fingerprint density at radius 3 is 2.42 bits per heavy atom. The fourth-order valence-electron chi connectivity index (χ4n) is 3.60. The quantitative estimate of drug-likeness (QED) is 0.822. The van der Waals surface area contributed by atoms with Crippen LogP contribution in [0.3, 0.4) is 0 Å². The van der Waals surface area contributed by atoms with Gasteiger partial charge in [-0.05, 0) is 31.5 Å². The number of carbonyl (C=O) groups is 2. The van der Waals surface area contributed by atoms with Crippen molar-refractivity contribution >= 4 is 17.5 Å². The monoisotopic (exact) mass is 359 g/mol. The maximum atomic E-state index is 12.9. The Morgan fingerprint density at radius 1 is 1.08 bits per heavy atom. The molecule has 1 aromatic carbocycles. The SMILES string of the molecule is CCN1CCN(C(=O)C2(C(=O)Nc3ccc4c(c3)OCCO4)CC2)CC1. The van der Waals surface area contributed by atoms with Crippen molar-refractivity contribution < 1.29 is 19.1 Å². The van der Waals surface area contributed by atoms with E-state index in [-0.39, 0.29) is 11.8 Å². The normalized spacial score (nSPS) is 21.2. The third-order valence-corrected chi connectivity index (χ3v) is 5.50. The molecule has 0 aromatic heterocycles. The van der Waals surface area contributed by atoms with E-state index in [0.717, 1.165) is 19.6 Å². The summed E-state index contributed by atoms with van der Waals surface area (Å²) >= 11 is 0. The minimum Gasteiger partial charge on any atom is -0.486 e. The number of likely N-dealkylation sites (N-methyl/N-ethyl adjacent to an activating group) is 1. The molecule has 1 saturated heterocycles. The summed E-state index contributed by atoms with van der Waals surface area (Å²) in [5.41, 5.74) is -0.254. The van der Waals surface area contributed by atoms with Gasteiger partial charge < -0.3 is 24.6 Å². The number of nitrogens with zero attached hydrogens (tertiary/aromatic N) is 2. The Labute approximate surface area is 153 Å². The number of ether oxygens (including phenoxy) is 2. The van der Waals surface area contributed by atoms with E-state index in [1.165, 1.54) is 0 Å². The van der Waals surface area contributed by atoms with Crippen LogP contribution in [0, 0.1) is 5.41 Å². The van der Waals surface area contributed by atoms with E-state index in [1.807, 2.05) is 4.90 Å². The first-order valence-corrected chi connectivity index (χ1v) is 9.35. The predicted octanol–water partition coefficient (Wildman–Crippen LogP) is 1.34. The molecular weight excluding hydrogens is 334 g/mol. The molecule has 0 unspecified atom stereocenters. The van der Waals surface area contributed by atoms with Gasteiger partial charge in [0.1, 0.15) is 18.6 Å². The molecule has 1 N–H and O–H groups in total. The zero-order chi connectivity index (χ0) is 18.1. The topological polar surface area (TPSA) is 71.1 Å². The zero-order valence-electron chi connectivity index (χ0n) is 15.1. The molecule has 1 aromatic rings. The van der Waals surface area contributed by atoms with E-state index >= 15 is 0 Å². The number of anilines is 1. The summed E-state index contributed by atoms with van der Waals surface area (Å²) in [6.07, 6.45) is 1.24. The van der Waals surface area contributed by atoms with Gasteiger partial charge in [-0.15, -0.1) is 0 Å². The highest BCUT2D eigenvalue weighted by Crippen LogP contribution is 2.48. The lowest BCUT2D eigenvalue weighted by atomic mass is 10.0. The van der Waals surface area contributed by atoms with Crippen LogP contribution >= 0.6 is 0 Å². The van der Waals surface area contributed by atoms with Crippen LogP contribution in [0.5, 0.6) is 11.5 Å². The Balaban J connectivity index is 1.42. The van der Waals surface area contributed by atoms with E-state index in [1.54, 1.807) is 18.2 Å². The zero-order valence-corrected chi connectivity index (χ0v) is 15.1. The molecule has 2 heterocycles. The van der Waals surface area contributed by atoms with Crippen molar-refractivity contribution in [1.29, 1.82) is 0 Å². The molecule has 140 valence electrons. The summed E-state index contributed by atoms with van der Waals surface area (Å²) in [5, 5.41) is 2.90. The largest absolute Gasteiger partial charge is 0.486 e. The lowest BCUT2D eigenvalue weighted by molar-refractivity contribution is -0.143. The third kappa shape index (κ3) is 3.11. The Bertz CT molecular complexity index is 709. The maximum absolute atomic E-state index is 12.9. The number of hydrogen-bond donors (Lipinski definition) is 1. The number of benzene rings is 1. The van der Waals surface area contributed by atoms with Crippen LogP contribution < -0.4 is 14.8 Å². The number of nitrogens with one attached hydrogen (secondary N) is 1. The second-order valence-corrected chi connectivity index (χ2v) is 7.12. The van der Waals surface area contributed by atoms with Crippen LogP contribution in [-0.4, -0.2) is 67.6 Å².